The number of benzene rings is 1. The lowest BCUT2D eigenvalue weighted by Gasteiger charge is -1.97. The second kappa shape index (κ2) is 6.69. The van der Waals surface area contributed by atoms with Crippen LogP contribution in [-0.4, -0.2) is 26.2 Å². The number of nitrogens with one attached hydrogen (secondary N) is 3. The zero-order valence-corrected chi connectivity index (χ0v) is 13.1. The van der Waals surface area contributed by atoms with Gasteiger partial charge in [-0.3, -0.25) is 0 Å². The highest BCUT2D eigenvalue weighted by Gasteiger charge is 1.95. The summed E-state index contributed by atoms with van der Waals surface area (Å²) in [6.45, 7) is 0. The maximum absolute atomic E-state index is 5.61. The van der Waals surface area contributed by atoms with Crippen LogP contribution in [0.5, 0.6) is 0 Å². The molecule has 0 amide bonds. The molecule has 2 heterocycles. The van der Waals surface area contributed by atoms with E-state index in [-0.39, 0.29) is 0 Å². The number of nitrogen functional groups attached to an aromatic ring is 1. The van der Waals surface area contributed by atoms with Gasteiger partial charge >= 0.3 is 0 Å². The van der Waals surface area contributed by atoms with Gasteiger partial charge in [-0.1, -0.05) is 24.4 Å². The maximum atomic E-state index is 5.61. The summed E-state index contributed by atoms with van der Waals surface area (Å²) in [5.74, 6) is 0. The summed E-state index contributed by atoms with van der Waals surface area (Å²) in [4.78, 5) is 13.7. The molecule has 0 fully saturated rings. The summed E-state index contributed by atoms with van der Waals surface area (Å²) >= 11 is 11.5. The monoisotopic (exact) mass is 323 g/mol. The number of fused-ring (bicyclic) bond motifs is 1. The molecule has 8 heteroatoms. The van der Waals surface area contributed by atoms with Gasteiger partial charge in [0.05, 0.1) is 6.33 Å². The summed E-state index contributed by atoms with van der Waals surface area (Å²) < 4.78 is 1.08. The van der Waals surface area contributed by atoms with Gasteiger partial charge in [-0.05, 0) is 30.6 Å². The van der Waals surface area contributed by atoms with Crippen LogP contribution in [0.3, 0.4) is 0 Å². The number of hydrogen-bond donors (Lipinski definition) is 4. The minimum absolute atomic E-state index is 0.495. The highest BCUT2D eigenvalue weighted by atomic mass is 32.2. The average Bonchev–Trinajstić information content (AvgIpc) is 2.88. The minimum atomic E-state index is 0.495. The molecule has 0 aliphatic rings. The molecule has 20 heavy (non-hydrogen) atoms. The van der Waals surface area contributed by atoms with Crippen LogP contribution in [0.25, 0.3) is 11.2 Å². The van der Waals surface area contributed by atoms with E-state index in [0.29, 0.717) is 15.1 Å². The predicted octanol–water partition coefficient (Wildman–Crippen LogP) is 3.67. The fourth-order valence-electron chi connectivity index (χ4n) is 1.53. The zero-order chi connectivity index (χ0) is 14.5. The Hall–Kier alpha value is -1.64. The molecule has 0 saturated carbocycles. The second-order valence-corrected chi connectivity index (χ2v) is 5.44. The average molecular weight is 323 g/mol. The number of imidazole rings is 1. The maximum Gasteiger partial charge on any atom is 0.177 e. The van der Waals surface area contributed by atoms with Crippen molar-refractivity contribution in [2.45, 2.75) is 4.90 Å². The first-order valence-corrected chi connectivity index (χ1v) is 7.70. The predicted molar refractivity (Wildman–Crippen MR) is 89.1 cm³/mol. The summed E-state index contributed by atoms with van der Waals surface area (Å²) in [6, 6.07) is 7.85. The van der Waals surface area contributed by atoms with E-state index in [0.717, 1.165) is 16.1 Å². The molecule has 1 aromatic carbocycles. The molecule has 0 aliphatic heterocycles. The van der Waals surface area contributed by atoms with Crippen LogP contribution in [-0.2, 0) is 0 Å². The topological polar surface area (TPSA) is 86.3 Å². The van der Waals surface area contributed by atoms with Crippen molar-refractivity contribution in [3.63, 3.8) is 0 Å². The SMILES string of the molecule is CSc1ccccc1N.S=c1[nH]c(=S)c2[nH]cnc2[nH]1. The van der Waals surface area contributed by atoms with E-state index in [1.807, 2.05) is 30.5 Å². The molecular formula is C12H13N5S3. The number of rotatable bonds is 1. The number of H-pyrrole nitrogens is 3. The number of nitrogens with zero attached hydrogens (tertiary/aromatic N) is 1. The molecule has 0 saturated heterocycles. The van der Waals surface area contributed by atoms with Gasteiger partial charge in [-0.2, -0.15) is 0 Å². The fourth-order valence-corrected chi connectivity index (χ4v) is 2.57. The normalized spacial score (nSPS) is 10.1. The highest BCUT2D eigenvalue weighted by Crippen LogP contribution is 2.20. The molecule has 104 valence electrons. The number of aromatic amines is 3. The summed E-state index contributed by atoms with van der Waals surface area (Å²) in [7, 11) is 0. The first-order chi connectivity index (χ1) is 9.61. The second-order valence-electron chi connectivity index (χ2n) is 3.78. The third-order valence-corrected chi connectivity index (χ3v) is 3.79. The highest BCUT2D eigenvalue weighted by molar-refractivity contribution is 7.98. The molecule has 0 unspecified atom stereocenters. The van der Waals surface area contributed by atoms with E-state index in [1.165, 1.54) is 0 Å². The molecule has 5 N–H and O–H groups in total. The zero-order valence-electron chi connectivity index (χ0n) is 10.6. The van der Waals surface area contributed by atoms with Crippen LogP contribution in [0.4, 0.5) is 5.69 Å². The molecule has 0 atom stereocenters. The smallest absolute Gasteiger partial charge is 0.177 e. The molecule has 0 bridgehead atoms. The van der Waals surface area contributed by atoms with Gasteiger partial charge in [-0.25, -0.2) is 4.98 Å². The molecule has 0 aliphatic carbocycles. The third-order valence-electron chi connectivity index (χ3n) is 2.46. The number of anilines is 1. The molecule has 3 rings (SSSR count). The van der Waals surface area contributed by atoms with Crippen LogP contribution >= 0.6 is 36.2 Å². The Morgan fingerprint density at radius 1 is 1.20 bits per heavy atom. The summed E-state index contributed by atoms with van der Waals surface area (Å²) in [6.07, 6.45) is 3.59. The van der Waals surface area contributed by atoms with Crippen molar-refractivity contribution in [3.05, 3.63) is 40.0 Å². The van der Waals surface area contributed by atoms with Crippen LogP contribution < -0.4 is 5.73 Å². The van der Waals surface area contributed by atoms with Crippen molar-refractivity contribution >= 4 is 53.0 Å². The quantitative estimate of drug-likeness (QED) is 0.312. The van der Waals surface area contributed by atoms with E-state index in [4.69, 9.17) is 30.2 Å². The lowest BCUT2D eigenvalue weighted by atomic mass is 10.3. The van der Waals surface area contributed by atoms with E-state index < -0.39 is 0 Å². The van der Waals surface area contributed by atoms with E-state index in [1.54, 1.807) is 18.1 Å². The van der Waals surface area contributed by atoms with Crippen molar-refractivity contribution in [2.24, 2.45) is 0 Å². The fraction of sp³-hybridized carbons (Fsp3) is 0.0833. The van der Waals surface area contributed by atoms with Crippen molar-refractivity contribution in [1.82, 2.24) is 19.9 Å². The first kappa shape index (κ1) is 14.8. The van der Waals surface area contributed by atoms with Gasteiger partial charge in [-0.15, -0.1) is 11.8 Å². The molecule has 2 aromatic heterocycles. The Bertz CT molecular complexity index is 817. The Kier molecular flexibility index (Phi) is 4.94. The molecule has 0 radical (unpaired) electrons. The number of aromatic nitrogens is 4. The number of para-hydroxylation sites is 1. The van der Waals surface area contributed by atoms with Gasteiger partial charge < -0.3 is 20.7 Å². The summed E-state index contributed by atoms with van der Waals surface area (Å²) in [5.41, 5.74) is 7.96. The summed E-state index contributed by atoms with van der Waals surface area (Å²) in [5, 5.41) is 0. The lowest BCUT2D eigenvalue weighted by molar-refractivity contribution is 1.15. The van der Waals surface area contributed by atoms with Crippen molar-refractivity contribution in [2.75, 3.05) is 12.0 Å². The van der Waals surface area contributed by atoms with Crippen LogP contribution in [0.15, 0.2) is 35.5 Å². The standard InChI is InChI=1S/C7H9NS.C5H4N4S2/c1-9-7-5-3-2-4-6(7)8;10-4-2-3(7-1-6-2)8-5(11)9-4/h2-5H,8H2,1H3;1H,(H3,6,7,8,9,10,11). The van der Waals surface area contributed by atoms with E-state index in [9.17, 15) is 0 Å². The van der Waals surface area contributed by atoms with Crippen LogP contribution in [0.1, 0.15) is 0 Å². The Balaban J connectivity index is 0.000000151. The number of hydrogen-bond acceptors (Lipinski definition) is 5. The van der Waals surface area contributed by atoms with Crippen molar-refractivity contribution in [3.8, 4) is 0 Å². The van der Waals surface area contributed by atoms with Crippen LogP contribution in [0.2, 0.25) is 0 Å². The molecule has 5 nitrogen and oxygen atoms in total. The van der Waals surface area contributed by atoms with Gasteiger partial charge in [0.15, 0.2) is 10.4 Å². The van der Waals surface area contributed by atoms with E-state index in [2.05, 4.69) is 19.9 Å². The largest absolute Gasteiger partial charge is 0.398 e. The molecule has 0 spiro atoms. The molecule has 3 aromatic rings. The minimum Gasteiger partial charge on any atom is -0.398 e. The third kappa shape index (κ3) is 3.47. The van der Waals surface area contributed by atoms with Gasteiger partial charge in [0.1, 0.15) is 10.2 Å². The Morgan fingerprint density at radius 3 is 2.60 bits per heavy atom. The first-order valence-electron chi connectivity index (χ1n) is 5.66. The van der Waals surface area contributed by atoms with Gasteiger partial charge in [0.2, 0.25) is 0 Å². The number of nitrogens with two attached hydrogens (primary N) is 1. The number of thioether (sulfide) groups is 1. The van der Waals surface area contributed by atoms with Crippen LogP contribution in [0, 0.1) is 9.41 Å². The Labute approximate surface area is 130 Å². The van der Waals surface area contributed by atoms with E-state index >= 15 is 0 Å². The van der Waals surface area contributed by atoms with Gasteiger partial charge in [0, 0.05) is 10.6 Å². The van der Waals surface area contributed by atoms with Gasteiger partial charge in [0.25, 0.3) is 0 Å². The van der Waals surface area contributed by atoms with Crippen molar-refractivity contribution in [1.29, 1.82) is 0 Å². The van der Waals surface area contributed by atoms with Crippen molar-refractivity contribution < 1.29 is 0 Å². The lowest BCUT2D eigenvalue weighted by Crippen LogP contribution is -1.85. The molecular weight excluding hydrogens is 310 g/mol. The Morgan fingerprint density at radius 2 is 1.95 bits per heavy atom.